The highest BCUT2D eigenvalue weighted by Crippen LogP contribution is 2.14. The molecule has 0 aliphatic carbocycles. The Hall–Kier alpha value is -0.260. The highest BCUT2D eigenvalue weighted by molar-refractivity contribution is 4.68. The van der Waals surface area contributed by atoms with Crippen molar-refractivity contribution in [2.45, 2.75) is 53.4 Å². The van der Waals surface area contributed by atoms with E-state index in [1.807, 2.05) is 19.9 Å². The Morgan fingerprint density at radius 3 is 1.91 bits per heavy atom. The summed E-state index contributed by atoms with van der Waals surface area (Å²) >= 11 is 0. The predicted molar refractivity (Wildman–Crippen MR) is 54.9 cm³/mol. The number of hydrogen-bond donors (Lipinski definition) is 0. The topological polar surface area (TPSA) is 0 Å². The molecule has 0 nitrogen and oxygen atoms in total. The smallest absolute Gasteiger partial charge is 0.0351 e. The van der Waals surface area contributed by atoms with Gasteiger partial charge in [0.15, 0.2) is 0 Å². The van der Waals surface area contributed by atoms with E-state index >= 15 is 0 Å². The van der Waals surface area contributed by atoms with Crippen LogP contribution in [0.5, 0.6) is 0 Å². The Balaban J connectivity index is 0. The van der Waals surface area contributed by atoms with Crippen LogP contribution in [0.3, 0.4) is 0 Å². The summed E-state index contributed by atoms with van der Waals surface area (Å²) < 4.78 is 0. The fraction of sp³-hybridized carbons (Fsp3) is 0.818. The normalized spacial score (nSPS) is 8.82. The lowest BCUT2D eigenvalue weighted by atomic mass is 9.98. The van der Waals surface area contributed by atoms with Crippen molar-refractivity contribution in [1.29, 1.82) is 0 Å². The molecule has 0 heterocycles. The van der Waals surface area contributed by atoms with Crippen LogP contribution in [-0.4, -0.2) is 0 Å². The van der Waals surface area contributed by atoms with E-state index in [1.165, 1.54) is 25.7 Å². The van der Waals surface area contributed by atoms with Crippen molar-refractivity contribution < 1.29 is 0 Å². The molecule has 0 radical (unpaired) electrons. The van der Waals surface area contributed by atoms with E-state index in [1.54, 1.807) is 0 Å². The van der Waals surface area contributed by atoms with Crippen molar-refractivity contribution in [2.75, 3.05) is 0 Å². The second kappa shape index (κ2) is 12.4. The van der Waals surface area contributed by atoms with Gasteiger partial charge < -0.3 is 0 Å². The molecule has 0 aliphatic rings. The van der Waals surface area contributed by atoms with Crippen LogP contribution in [0, 0.1) is 5.92 Å². The molecular formula is C11H24. The van der Waals surface area contributed by atoms with Crippen molar-refractivity contribution in [3.63, 3.8) is 0 Å². The van der Waals surface area contributed by atoms with Gasteiger partial charge in [0.2, 0.25) is 0 Å². The molecule has 0 saturated heterocycles. The molecule has 0 aromatic heterocycles. The van der Waals surface area contributed by atoms with Crippen molar-refractivity contribution in [2.24, 2.45) is 5.92 Å². The molecule has 68 valence electrons. The third-order valence-electron chi connectivity index (χ3n) is 1.93. The van der Waals surface area contributed by atoms with Gasteiger partial charge in [-0.15, -0.1) is 6.58 Å². The van der Waals surface area contributed by atoms with E-state index in [9.17, 15) is 0 Å². The number of rotatable bonds is 5. The van der Waals surface area contributed by atoms with Gasteiger partial charge in [-0.05, 0) is 18.8 Å². The molecule has 0 atom stereocenters. The van der Waals surface area contributed by atoms with Crippen molar-refractivity contribution in [1.82, 2.24) is 0 Å². The van der Waals surface area contributed by atoms with Crippen LogP contribution in [0.15, 0.2) is 12.7 Å². The first-order valence-electron chi connectivity index (χ1n) is 4.96. The van der Waals surface area contributed by atoms with Crippen molar-refractivity contribution >= 4 is 0 Å². The molecule has 0 amide bonds. The van der Waals surface area contributed by atoms with Gasteiger partial charge in [-0.1, -0.05) is 46.6 Å². The van der Waals surface area contributed by atoms with E-state index in [-0.39, 0.29) is 0 Å². The van der Waals surface area contributed by atoms with Gasteiger partial charge in [-0.25, -0.2) is 0 Å². The molecule has 0 heteroatoms. The maximum Gasteiger partial charge on any atom is -0.0351 e. The summed E-state index contributed by atoms with van der Waals surface area (Å²) in [4.78, 5) is 0. The molecule has 0 aromatic carbocycles. The zero-order valence-electron chi connectivity index (χ0n) is 8.69. The predicted octanol–water partition coefficient (Wildman–Crippen LogP) is 4.42. The van der Waals surface area contributed by atoms with Crippen LogP contribution >= 0.6 is 0 Å². The molecule has 0 bridgehead atoms. The van der Waals surface area contributed by atoms with Gasteiger partial charge in [0.25, 0.3) is 0 Å². The minimum Gasteiger partial charge on any atom is -0.103 e. The molecule has 0 saturated carbocycles. The second-order valence-corrected chi connectivity index (χ2v) is 2.55. The van der Waals surface area contributed by atoms with E-state index < -0.39 is 0 Å². The third-order valence-corrected chi connectivity index (χ3v) is 1.93. The third kappa shape index (κ3) is 9.74. The molecule has 0 unspecified atom stereocenters. The Morgan fingerprint density at radius 1 is 1.18 bits per heavy atom. The van der Waals surface area contributed by atoms with Gasteiger partial charge in [0, 0.05) is 0 Å². The Bertz CT molecular complexity index is 60.4. The van der Waals surface area contributed by atoms with E-state index in [2.05, 4.69) is 20.4 Å². The molecule has 0 fully saturated rings. The lowest BCUT2D eigenvalue weighted by molar-refractivity contribution is 0.460. The van der Waals surface area contributed by atoms with Crippen molar-refractivity contribution in [3.8, 4) is 0 Å². The van der Waals surface area contributed by atoms with Crippen LogP contribution in [0.2, 0.25) is 0 Å². The van der Waals surface area contributed by atoms with Crippen LogP contribution in [-0.2, 0) is 0 Å². The average molecular weight is 156 g/mol. The summed E-state index contributed by atoms with van der Waals surface area (Å²) in [6, 6.07) is 0. The van der Waals surface area contributed by atoms with Crippen molar-refractivity contribution in [3.05, 3.63) is 12.7 Å². The summed E-state index contributed by atoms with van der Waals surface area (Å²) in [5.74, 6) is 0.933. The quantitative estimate of drug-likeness (QED) is 0.517. The maximum atomic E-state index is 3.70. The zero-order valence-corrected chi connectivity index (χ0v) is 8.69. The number of allylic oxidation sites excluding steroid dienone is 1. The lowest BCUT2D eigenvalue weighted by Gasteiger charge is -2.08. The first kappa shape index (κ1) is 13.3. The summed E-state index contributed by atoms with van der Waals surface area (Å²) in [6.07, 6.45) is 7.18. The molecule has 0 rings (SSSR count). The lowest BCUT2D eigenvalue weighted by Crippen LogP contribution is -1.94. The zero-order chi connectivity index (χ0) is 9.11. The molecule has 11 heavy (non-hydrogen) atoms. The standard InChI is InChI=1S/C9H18.C2H6/c1-4-7-8-9(5-2)6-3;1-2/h4,9H,1,5-8H2,2-3H3;1-2H3. The van der Waals surface area contributed by atoms with Crippen LogP contribution in [0.4, 0.5) is 0 Å². The molecule has 0 aliphatic heterocycles. The van der Waals surface area contributed by atoms with E-state index in [0.717, 1.165) is 5.92 Å². The highest BCUT2D eigenvalue weighted by atomic mass is 14.0. The van der Waals surface area contributed by atoms with Gasteiger partial charge in [0.1, 0.15) is 0 Å². The Morgan fingerprint density at radius 2 is 1.64 bits per heavy atom. The van der Waals surface area contributed by atoms with E-state index in [0.29, 0.717) is 0 Å². The highest BCUT2D eigenvalue weighted by Gasteiger charge is 1.99. The largest absolute Gasteiger partial charge is 0.103 e. The van der Waals surface area contributed by atoms with Crippen LogP contribution in [0.1, 0.15) is 53.4 Å². The first-order chi connectivity index (χ1) is 5.35. The van der Waals surface area contributed by atoms with Gasteiger partial charge in [-0.2, -0.15) is 0 Å². The summed E-state index contributed by atoms with van der Waals surface area (Å²) in [6.45, 7) is 12.2. The van der Waals surface area contributed by atoms with Gasteiger partial charge >= 0.3 is 0 Å². The van der Waals surface area contributed by atoms with Crippen LogP contribution in [0.25, 0.3) is 0 Å². The Kier molecular flexibility index (Phi) is 15.1. The molecule has 0 aromatic rings. The van der Waals surface area contributed by atoms with Gasteiger partial charge in [-0.3, -0.25) is 0 Å². The minimum absolute atomic E-state index is 0.933. The molecule has 0 spiro atoms. The summed E-state index contributed by atoms with van der Waals surface area (Å²) in [7, 11) is 0. The molecular weight excluding hydrogens is 132 g/mol. The van der Waals surface area contributed by atoms with E-state index in [4.69, 9.17) is 0 Å². The number of hydrogen-bond acceptors (Lipinski definition) is 0. The average Bonchev–Trinajstić information content (AvgIpc) is 2.10. The second-order valence-electron chi connectivity index (χ2n) is 2.55. The van der Waals surface area contributed by atoms with Gasteiger partial charge in [0.05, 0.1) is 0 Å². The fourth-order valence-electron chi connectivity index (χ4n) is 1.05. The minimum atomic E-state index is 0.933. The SMILES string of the molecule is C=CCCC(CC)CC.CC. The fourth-order valence-corrected chi connectivity index (χ4v) is 1.05. The molecule has 0 N–H and O–H groups in total. The first-order valence-corrected chi connectivity index (χ1v) is 4.96. The summed E-state index contributed by atoms with van der Waals surface area (Å²) in [5, 5.41) is 0. The maximum absolute atomic E-state index is 3.70. The Labute approximate surface area is 72.7 Å². The summed E-state index contributed by atoms with van der Waals surface area (Å²) in [5.41, 5.74) is 0. The van der Waals surface area contributed by atoms with Crippen LogP contribution < -0.4 is 0 Å². The monoisotopic (exact) mass is 156 g/mol.